The van der Waals surface area contributed by atoms with Gasteiger partial charge >= 0.3 is 0 Å². The van der Waals surface area contributed by atoms with Crippen molar-refractivity contribution in [1.29, 1.82) is 0 Å². The molecule has 226 valence electrons. The standard InChI is InChI=1S/C32H52N8O/c1-2-41-19-18-39-14-16-40(17-15-39)31-22-30(33)37-32(38-31)36-24-26-10-8-25(9-11-26)23-34-12-5-13-35-29-20-27-6-3-4-7-28(27)21-29/h3-4,6-7,22,25-26,29,34-35H,2,5,8-21,23-24H2,1H3,(H3,33,36,37,38)/t25-,26-. The highest BCUT2D eigenvalue weighted by atomic mass is 16.5. The summed E-state index contributed by atoms with van der Waals surface area (Å²) in [6.45, 7) is 12.8. The molecule has 1 aliphatic heterocycles. The number of nitrogens with zero attached hydrogens (tertiary/aromatic N) is 4. The molecule has 5 rings (SSSR count). The molecule has 9 heteroatoms. The number of benzene rings is 1. The molecule has 1 saturated heterocycles. The molecule has 2 fully saturated rings. The van der Waals surface area contributed by atoms with Crippen LogP contribution in [0.1, 0.15) is 50.2 Å². The van der Waals surface area contributed by atoms with Crippen LogP contribution in [0.4, 0.5) is 17.6 Å². The van der Waals surface area contributed by atoms with E-state index in [0.717, 1.165) is 83.9 Å². The molecule has 2 aliphatic carbocycles. The van der Waals surface area contributed by atoms with Crippen LogP contribution < -0.4 is 26.6 Å². The minimum Gasteiger partial charge on any atom is -0.383 e. The molecule has 1 aromatic heterocycles. The van der Waals surface area contributed by atoms with Gasteiger partial charge in [-0.05, 0) is 94.5 Å². The highest BCUT2D eigenvalue weighted by Gasteiger charge is 2.23. The van der Waals surface area contributed by atoms with Gasteiger partial charge in [0.05, 0.1) is 6.61 Å². The molecule has 0 bridgehead atoms. The minimum absolute atomic E-state index is 0.537. The molecule has 0 spiro atoms. The summed E-state index contributed by atoms with van der Waals surface area (Å²) in [5.41, 5.74) is 9.22. The fourth-order valence-electron chi connectivity index (χ4n) is 6.64. The Kier molecular flexibility index (Phi) is 11.5. The number of rotatable bonds is 15. The Morgan fingerprint density at radius 1 is 0.927 bits per heavy atom. The Balaban J connectivity index is 0.928. The lowest BCUT2D eigenvalue weighted by Crippen LogP contribution is -2.47. The van der Waals surface area contributed by atoms with E-state index in [0.29, 0.717) is 23.7 Å². The summed E-state index contributed by atoms with van der Waals surface area (Å²) in [4.78, 5) is 14.1. The van der Waals surface area contributed by atoms with Crippen molar-refractivity contribution >= 4 is 17.6 Å². The van der Waals surface area contributed by atoms with E-state index in [1.807, 2.05) is 13.0 Å². The summed E-state index contributed by atoms with van der Waals surface area (Å²) in [6, 6.07) is 11.4. The first kappa shape index (κ1) is 30.0. The SMILES string of the molecule is CCOCCN1CCN(c2cc(N)nc(NC[C@H]3CC[C@H](CNCCCNC4Cc5ccccc5C4)CC3)n2)CC1. The van der Waals surface area contributed by atoms with E-state index in [2.05, 4.69) is 55.0 Å². The van der Waals surface area contributed by atoms with Crippen molar-refractivity contribution < 1.29 is 4.74 Å². The van der Waals surface area contributed by atoms with Gasteiger partial charge in [-0.3, -0.25) is 4.90 Å². The summed E-state index contributed by atoms with van der Waals surface area (Å²) in [7, 11) is 0. The highest BCUT2D eigenvalue weighted by Crippen LogP contribution is 2.29. The number of nitrogens with two attached hydrogens (primary N) is 1. The number of fused-ring (bicyclic) bond motifs is 1. The van der Waals surface area contributed by atoms with Gasteiger partial charge < -0.3 is 31.3 Å². The molecular formula is C32H52N8O. The van der Waals surface area contributed by atoms with E-state index in [1.165, 1.54) is 56.1 Å². The summed E-state index contributed by atoms with van der Waals surface area (Å²) in [6.07, 6.45) is 8.68. The summed E-state index contributed by atoms with van der Waals surface area (Å²) in [5.74, 6) is 3.61. The Hall–Kier alpha value is -2.46. The zero-order valence-corrected chi connectivity index (χ0v) is 25.1. The summed E-state index contributed by atoms with van der Waals surface area (Å²) < 4.78 is 5.51. The molecule has 2 heterocycles. The lowest BCUT2D eigenvalue weighted by molar-refractivity contribution is 0.111. The van der Waals surface area contributed by atoms with Crippen molar-refractivity contribution in [2.24, 2.45) is 11.8 Å². The molecule has 0 amide bonds. The molecule has 0 radical (unpaired) electrons. The van der Waals surface area contributed by atoms with Gasteiger partial charge in [0.2, 0.25) is 5.95 Å². The maximum absolute atomic E-state index is 6.17. The number of ether oxygens (including phenoxy) is 1. The van der Waals surface area contributed by atoms with Crippen LogP contribution in [0.15, 0.2) is 30.3 Å². The van der Waals surface area contributed by atoms with Crippen LogP contribution in [0.2, 0.25) is 0 Å². The van der Waals surface area contributed by atoms with Gasteiger partial charge in [-0.15, -0.1) is 0 Å². The van der Waals surface area contributed by atoms with Gasteiger partial charge in [0, 0.05) is 58.0 Å². The Morgan fingerprint density at radius 2 is 1.63 bits per heavy atom. The second kappa shape index (κ2) is 15.7. The van der Waals surface area contributed by atoms with Crippen LogP contribution >= 0.6 is 0 Å². The van der Waals surface area contributed by atoms with Crippen molar-refractivity contribution in [3.05, 3.63) is 41.5 Å². The average Bonchev–Trinajstić information content (AvgIpc) is 3.42. The van der Waals surface area contributed by atoms with Gasteiger partial charge in [0.15, 0.2) is 0 Å². The molecular weight excluding hydrogens is 512 g/mol. The Morgan fingerprint density at radius 3 is 2.34 bits per heavy atom. The third-order valence-electron chi connectivity index (χ3n) is 9.15. The predicted molar refractivity (Wildman–Crippen MR) is 169 cm³/mol. The van der Waals surface area contributed by atoms with E-state index in [-0.39, 0.29) is 0 Å². The van der Waals surface area contributed by atoms with Crippen LogP contribution in [-0.4, -0.2) is 93.0 Å². The van der Waals surface area contributed by atoms with E-state index in [1.54, 1.807) is 0 Å². The molecule has 9 nitrogen and oxygen atoms in total. The van der Waals surface area contributed by atoms with Crippen LogP contribution in [0.3, 0.4) is 0 Å². The first-order chi connectivity index (χ1) is 20.2. The number of nitrogens with one attached hydrogen (secondary N) is 3. The largest absolute Gasteiger partial charge is 0.383 e. The van der Waals surface area contributed by atoms with E-state index in [4.69, 9.17) is 15.5 Å². The fraction of sp³-hybridized carbons (Fsp3) is 0.688. The molecule has 0 unspecified atom stereocenters. The summed E-state index contributed by atoms with van der Waals surface area (Å²) in [5, 5.41) is 11.0. The van der Waals surface area contributed by atoms with E-state index < -0.39 is 0 Å². The normalized spacial score (nSPS) is 21.7. The van der Waals surface area contributed by atoms with Crippen molar-refractivity contribution in [3.63, 3.8) is 0 Å². The van der Waals surface area contributed by atoms with E-state index >= 15 is 0 Å². The summed E-state index contributed by atoms with van der Waals surface area (Å²) >= 11 is 0. The Labute approximate surface area is 247 Å². The zero-order valence-electron chi connectivity index (χ0n) is 25.1. The van der Waals surface area contributed by atoms with E-state index in [9.17, 15) is 0 Å². The maximum Gasteiger partial charge on any atom is 0.226 e. The quantitative estimate of drug-likeness (QED) is 0.243. The second-order valence-electron chi connectivity index (χ2n) is 12.2. The highest BCUT2D eigenvalue weighted by molar-refractivity contribution is 5.52. The van der Waals surface area contributed by atoms with Crippen molar-refractivity contribution in [3.8, 4) is 0 Å². The van der Waals surface area contributed by atoms with Gasteiger partial charge in [-0.25, -0.2) is 0 Å². The number of anilines is 3. The van der Waals surface area contributed by atoms with Crippen LogP contribution in [0.25, 0.3) is 0 Å². The smallest absolute Gasteiger partial charge is 0.226 e. The first-order valence-electron chi connectivity index (χ1n) is 16.1. The molecule has 1 saturated carbocycles. The van der Waals surface area contributed by atoms with Gasteiger partial charge in [0.1, 0.15) is 11.6 Å². The van der Waals surface area contributed by atoms with Crippen molar-refractivity contribution in [1.82, 2.24) is 25.5 Å². The number of nitrogen functional groups attached to an aromatic ring is 1. The average molecular weight is 565 g/mol. The first-order valence-corrected chi connectivity index (χ1v) is 16.1. The molecule has 2 aromatic rings. The van der Waals surface area contributed by atoms with Crippen LogP contribution in [-0.2, 0) is 17.6 Å². The molecule has 41 heavy (non-hydrogen) atoms. The number of aromatic nitrogens is 2. The lowest BCUT2D eigenvalue weighted by atomic mass is 9.82. The molecule has 5 N–H and O–H groups in total. The minimum atomic E-state index is 0.537. The Bertz CT molecular complexity index is 1030. The third kappa shape index (κ3) is 9.26. The monoisotopic (exact) mass is 564 g/mol. The van der Waals surface area contributed by atoms with Gasteiger partial charge in [-0.2, -0.15) is 9.97 Å². The van der Waals surface area contributed by atoms with Crippen LogP contribution in [0.5, 0.6) is 0 Å². The lowest BCUT2D eigenvalue weighted by Gasteiger charge is -2.35. The predicted octanol–water partition coefficient (Wildman–Crippen LogP) is 3.17. The third-order valence-corrected chi connectivity index (χ3v) is 9.15. The number of hydrogen-bond donors (Lipinski definition) is 4. The number of piperazine rings is 1. The molecule has 1 aromatic carbocycles. The fourth-order valence-corrected chi connectivity index (χ4v) is 6.64. The maximum atomic E-state index is 6.17. The van der Waals surface area contributed by atoms with Crippen molar-refractivity contribution in [2.45, 2.75) is 57.9 Å². The zero-order chi connectivity index (χ0) is 28.3. The topological polar surface area (TPSA) is 104 Å². The van der Waals surface area contributed by atoms with Crippen LogP contribution in [0, 0.1) is 11.8 Å². The molecule has 0 atom stereocenters. The van der Waals surface area contributed by atoms with Crippen molar-refractivity contribution in [2.75, 3.05) is 88.1 Å². The number of hydrogen-bond acceptors (Lipinski definition) is 9. The second-order valence-corrected chi connectivity index (χ2v) is 12.2. The molecule has 3 aliphatic rings. The van der Waals surface area contributed by atoms with Gasteiger partial charge in [-0.1, -0.05) is 24.3 Å². The van der Waals surface area contributed by atoms with Gasteiger partial charge in [0.25, 0.3) is 0 Å².